The van der Waals surface area contributed by atoms with Crippen molar-refractivity contribution in [2.75, 3.05) is 66.1 Å². The molecule has 174 valence electrons. The first-order valence-electron chi connectivity index (χ1n) is 11.2. The number of rotatable bonds is 20. The second kappa shape index (κ2) is 18.4. The fraction of sp³-hybridized carbons (Fsp3) is 0.750. The van der Waals surface area contributed by atoms with E-state index in [0.29, 0.717) is 76.2 Å². The van der Waals surface area contributed by atoms with Gasteiger partial charge in [-0.15, -0.1) is 0 Å². The van der Waals surface area contributed by atoms with E-state index in [1.54, 1.807) is 0 Å². The van der Waals surface area contributed by atoms with Crippen molar-refractivity contribution in [1.82, 2.24) is 0 Å². The lowest BCUT2D eigenvalue weighted by Gasteiger charge is -2.13. The van der Waals surface area contributed by atoms with Crippen LogP contribution in [0.15, 0.2) is 24.3 Å². The van der Waals surface area contributed by atoms with Crippen LogP contribution in [0.1, 0.15) is 40.5 Å². The third kappa shape index (κ3) is 15.5. The molecule has 0 spiro atoms. The molecule has 0 unspecified atom stereocenters. The van der Waals surface area contributed by atoms with Crippen molar-refractivity contribution < 1.29 is 28.4 Å². The molecule has 1 aromatic carbocycles. The summed E-state index contributed by atoms with van der Waals surface area (Å²) in [7, 11) is 0. The van der Waals surface area contributed by atoms with Gasteiger partial charge in [0.2, 0.25) is 0 Å². The SMILES string of the molecule is CC(C)CCOCCOCCOc1ccccc1OCCOCCOCCC(C)C. The monoisotopic (exact) mass is 426 g/mol. The summed E-state index contributed by atoms with van der Waals surface area (Å²) in [6.07, 6.45) is 2.16. The molecular weight excluding hydrogens is 384 g/mol. The molecule has 0 saturated carbocycles. The molecule has 0 aliphatic rings. The van der Waals surface area contributed by atoms with Crippen LogP contribution in [-0.4, -0.2) is 66.1 Å². The van der Waals surface area contributed by atoms with Crippen molar-refractivity contribution in [2.45, 2.75) is 40.5 Å². The molecule has 6 heteroatoms. The van der Waals surface area contributed by atoms with Gasteiger partial charge in [-0.05, 0) is 36.8 Å². The Kier molecular flexibility index (Phi) is 16.4. The summed E-state index contributed by atoms with van der Waals surface area (Å²) in [6, 6.07) is 7.65. The van der Waals surface area contributed by atoms with Crippen molar-refractivity contribution in [3.63, 3.8) is 0 Å². The van der Waals surface area contributed by atoms with Crippen LogP contribution >= 0.6 is 0 Å². The average molecular weight is 427 g/mol. The molecule has 1 aromatic rings. The van der Waals surface area contributed by atoms with Gasteiger partial charge in [0, 0.05) is 13.2 Å². The van der Waals surface area contributed by atoms with Gasteiger partial charge < -0.3 is 28.4 Å². The minimum atomic E-state index is 0.469. The van der Waals surface area contributed by atoms with Crippen molar-refractivity contribution in [3.8, 4) is 11.5 Å². The molecule has 0 bridgehead atoms. The molecule has 0 aromatic heterocycles. The minimum absolute atomic E-state index is 0.469. The molecule has 0 radical (unpaired) electrons. The fourth-order valence-electron chi connectivity index (χ4n) is 2.39. The second-order valence-electron chi connectivity index (χ2n) is 7.96. The smallest absolute Gasteiger partial charge is 0.161 e. The Hall–Kier alpha value is -1.34. The Morgan fingerprint density at radius 2 is 0.833 bits per heavy atom. The van der Waals surface area contributed by atoms with Crippen LogP contribution in [0.5, 0.6) is 11.5 Å². The average Bonchev–Trinajstić information content (AvgIpc) is 2.71. The standard InChI is InChI=1S/C24H42O6/c1-21(2)9-11-25-13-15-27-17-19-29-23-7-5-6-8-24(23)30-20-18-28-16-14-26-12-10-22(3)4/h5-8,21-22H,9-20H2,1-4H3. The molecule has 6 nitrogen and oxygen atoms in total. The highest BCUT2D eigenvalue weighted by molar-refractivity contribution is 5.39. The lowest BCUT2D eigenvalue weighted by atomic mass is 10.1. The maximum Gasteiger partial charge on any atom is 0.161 e. The quantitative estimate of drug-likeness (QED) is 0.284. The number of benzene rings is 1. The highest BCUT2D eigenvalue weighted by Gasteiger charge is 2.04. The Labute approximate surface area is 183 Å². The molecule has 0 aliphatic carbocycles. The molecule has 0 N–H and O–H groups in total. The van der Waals surface area contributed by atoms with Crippen LogP contribution in [0, 0.1) is 11.8 Å². The summed E-state index contributed by atoms with van der Waals surface area (Å²) in [5.74, 6) is 2.76. The second-order valence-corrected chi connectivity index (χ2v) is 7.96. The first-order chi connectivity index (χ1) is 14.6. The van der Waals surface area contributed by atoms with Gasteiger partial charge in [-0.1, -0.05) is 39.8 Å². The van der Waals surface area contributed by atoms with Crippen molar-refractivity contribution in [3.05, 3.63) is 24.3 Å². The first kappa shape index (κ1) is 26.7. The highest BCUT2D eigenvalue weighted by atomic mass is 16.6. The van der Waals surface area contributed by atoms with E-state index >= 15 is 0 Å². The van der Waals surface area contributed by atoms with E-state index in [-0.39, 0.29) is 0 Å². The van der Waals surface area contributed by atoms with Crippen molar-refractivity contribution in [1.29, 1.82) is 0 Å². The fourth-order valence-corrected chi connectivity index (χ4v) is 2.39. The molecule has 0 fully saturated rings. The van der Waals surface area contributed by atoms with E-state index < -0.39 is 0 Å². The van der Waals surface area contributed by atoms with E-state index in [2.05, 4.69) is 27.7 Å². The van der Waals surface area contributed by atoms with Gasteiger partial charge in [-0.3, -0.25) is 0 Å². The molecule has 0 atom stereocenters. The molecule has 0 heterocycles. The van der Waals surface area contributed by atoms with Gasteiger partial charge >= 0.3 is 0 Å². The largest absolute Gasteiger partial charge is 0.487 e. The summed E-state index contributed by atoms with van der Waals surface area (Å²) in [5, 5.41) is 0. The summed E-state index contributed by atoms with van der Waals surface area (Å²) in [4.78, 5) is 0. The zero-order valence-corrected chi connectivity index (χ0v) is 19.4. The summed E-state index contributed by atoms with van der Waals surface area (Å²) in [5.41, 5.74) is 0. The molecule has 0 saturated heterocycles. The number of para-hydroxylation sites is 2. The van der Waals surface area contributed by atoms with E-state index in [1.165, 1.54) is 0 Å². The maximum atomic E-state index is 5.79. The summed E-state index contributed by atoms with van der Waals surface area (Å²) >= 11 is 0. The Morgan fingerprint density at radius 3 is 1.20 bits per heavy atom. The van der Waals surface area contributed by atoms with Crippen LogP contribution in [0.4, 0.5) is 0 Å². The van der Waals surface area contributed by atoms with Crippen LogP contribution in [0.3, 0.4) is 0 Å². The lowest BCUT2D eigenvalue weighted by Crippen LogP contribution is -2.13. The highest BCUT2D eigenvalue weighted by Crippen LogP contribution is 2.26. The molecular formula is C24H42O6. The van der Waals surface area contributed by atoms with Gasteiger partial charge in [0.25, 0.3) is 0 Å². The van der Waals surface area contributed by atoms with Gasteiger partial charge in [-0.2, -0.15) is 0 Å². The van der Waals surface area contributed by atoms with Crippen LogP contribution < -0.4 is 9.47 Å². The summed E-state index contributed by atoms with van der Waals surface area (Å²) < 4.78 is 33.7. The Bertz CT molecular complexity index is 461. The number of hydrogen-bond donors (Lipinski definition) is 0. The van der Waals surface area contributed by atoms with Gasteiger partial charge in [0.05, 0.1) is 39.6 Å². The van der Waals surface area contributed by atoms with Crippen molar-refractivity contribution in [2.24, 2.45) is 11.8 Å². The van der Waals surface area contributed by atoms with Crippen LogP contribution in [0.25, 0.3) is 0 Å². The number of ether oxygens (including phenoxy) is 6. The zero-order valence-electron chi connectivity index (χ0n) is 19.4. The lowest BCUT2D eigenvalue weighted by molar-refractivity contribution is 0.0304. The van der Waals surface area contributed by atoms with Gasteiger partial charge in [-0.25, -0.2) is 0 Å². The predicted octanol–water partition coefficient (Wildman–Crippen LogP) is 4.60. The Balaban J connectivity index is 2.05. The number of hydrogen-bond acceptors (Lipinski definition) is 6. The third-order valence-corrected chi connectivity index (χ3v) is 4.24. The normalized spacial score (nSPS) is 11.4. The molecule has 1 rings (SSSR count). The first-order valence-corrected chi connectivity index (χ1v) is 11.2. The van der Waals surface area contributed by atoms with Crippen LogP contribution in [0.2, 0.25) is 0 Å². The topological polar surface area (TPSA) is 55.4 Å². The van der Waals surface area contributed by atoms with E-state index in [0.717, 1.165) is 26.1 Å². The third-order valence-electron chi connectivity index (χ3n) is 4.24. The maximum absolute atomic E-state index is 5.79. The Morgan fingerprint density at radius 1 is 0.500 bits per heavy atom. The minimum Gasteiger partial charge on any atom is -0.487 e. The molecule has 0 aliphatic heterocycles. The predicted molar refractivity (Wildman–Crippen MR) is 120 cm³/mol. The van der Waals surface area contributed by atoms with Crippen LogP contribution in [-0.2, 0) is 18.9 Å². The summed E-state index contributed by atoms with van der Waals surface area (Å²) in [6.45, 7) is 14.7. The van der Waals surface area contributed by atoms with E-state index in [9.17, 15) is 0 Å². The van der Waals surface area contributed by atoms with Crippen molar-refractivity contribution >= 4 is 0 Å². The van der Waals surface area contributed by atoms with E-state index in [1.807, 2.05) is 24.3 Å². The van der Waals surface area contributed by atoms with E-state index in [4.69, 9.17) is 28.4 Å². The molecule has 0 amide bonds. The molecule has 30 heavy (non-hydrogen) atoms. The van der Waals surface area contributed by atoms with Gasteiger partial charge in [0.15, 0.2) is 11.5 Å². The van der Waals surface area contributed by atoms with Gasteiger partial charge in [0.1, 0.15) is 13.2 Å². The zero-order chi connectivity index (χ0) is 21.9.